The molecule has 250 valence electrons. The molecule has 2 aromatic carbocycles. The van der Waals surface area contributed by atoms with E-state index in [0.29, 0.717) is 34.4 Å². The van der Waals surface area contributed by atoms with Crippen LogP contribution in [-0.4, -0.2) is 77.8 Å². The van der Waals surface area contributed by atoms with Crippen molar-refractivity contribution in [2.24, 2.45) is 11.8 Å². The third-order valence-electron chi connectivity index (χ3n) is 8.12. The number of aliphatic carboxylic acids is 1. The molecule has 0 bridgehead atoms. The first-order chi connectivity index (χ1) is 22.3. The first-order valence-corrected chi connectivity index (χ1v) is 15.2. The van der Waals surface area contributed by atoms with Crippen LogP contribution in [0, 0.1) is 11.8 Å². The number of nitrogens with one attached hydrogen (secondary N) is 1. The van der Waals surface area contributed by atoms with Crippen molar-refractivity contribution in [2.45, 2.75) is 57.2 Å². The molecule has 47 heavy (non-hydrogen) atoms. The van der Waals surface area contributed by atoms with Crippen LogP contribution in [-0.2, 0) is 14.4 Å². The minimum Gasteiger partial charge on any atom is -0.478 e. The standard InChI is InChI=1S/C29H31ClN6O4.C2HF3O2/c30-22-11-14-25(36-18-31-33-34-36)21(17-22)10-15-26(37)35-16-4-7-24(19-5-2-1-3-6-19)27(35)28(38)32-23-12-8-20(9-13-23)29(39)40;3-2(4,5)1(6)7/h8-15,17-19,24,27H,1-7,16H2,(H,32,38)(H,39,40);(H,6,7)/b15-10+;. The molecule has 2 amide bonds. The predicted octanol–water partition coefficient (Wildman–Crippen LogP) is 5.49. The van der Waals surface area contributed by atoms with Crippen LogP contribution in [0.3, 0.4) is 0 Å². The van der Waals surface area contributed by atoms with Gasteiger partial charge >= 0.3 is 18.1 Å². The van der Waals surface area contributed by atoms with Crippen LogP contribution >= 0.6 is 11.6 Å². The number of carbonyl (C=O) groups is 4. The Kier molecular flexibility index (Phi) is 11.7. The molecule has 2 fully saturated rings. The van der Waals surface area contributed by atoms with Crippen molar-refractivity contribution < 1.29 is 42.6 Å². The molecule has 0 spiro atoms. The average molecular weight is 677 g/mol. The highest BCUT2D eigenvalue weighted by Gasteiger charge is 2.42. The normalized spacial score (nSPS) is 18.7. The Morgan fingerprint density at radius 1 is 0.957 bits per heavy atom. The molecular formula is C31H32ClF3N6O6. The van der Waals surface area contributed by atoms with E-state index in [1.165, 1.54) is 35.6 Å². The van der Waals surface area contributed by atoms with Gasteiger partial charge in [0.25, 0.3) is 0 Å². The zero-order chi connectivity index (χ0) is 34.1. The van der Waals surface area contributed by atoms with Crippen LogP contribution in [0.25, 0.3) is 11.8 Å². The molecule has 1 saturated carbocycles. The highest BCUT2D eigenvalue weighted by atomic mass is 35.5. The van der Waals surface area contributed by atoms with E-state index in [0.717, 1.165) is 38.5 Å². The van der Waals surface area contributed by atoms with Crippen LogP contribution in [0.2, 0.25) is 5.02 Å². The molecule has 12 nitrogen and oxygen atoms in total. The fourth-order valence-corrected chi connectivity index (χ4v) is 6.15. The number of piperidine rings is 1. The number of carboxylic acids is 2. The zero-order valence-corrected chi connectivity index (χ0v) is 25.7. The Bertz CT molecular complexity index is 1590. The monoisotopic (exact) mass is 676 g/mol. The van der Waals surface area contributed by atoms with E-state index in [2.05, 4.69) is 20.8 Å². The number of anilines is 1. The average Bonchev–Trinajstić information content (AvgIpc) is 3.59. The number of likely N-dealkylation sites (tertiary alicyclic amines) is 1. The van der Waals surface area contributed by atoms with Crippen molar-refractivity contribution >= 4 is 47.1 Å². The molecule has 2 atom stereocenters. The summed E-state index contributed by atoms with van der Waals surface area (Å²) in [6, 6.07) is 10.7. The Hall–Kier alpha value is -4.79. The minimum atomic E-state index is -5.08. The van der Waals surface area contributed by atoms with Crippen LogP contribution in [0.5, 0.6) is 0 Å². The number of hydrogen-bond donors (Lipinski definition) is 3. The lowest BCUT2D eigenvalue weighted by Gasteiger charge is -2.44. The highest BCUT2D eigenvalue weighted by molar-refractivity contribution is 6.30. The number of amides is 2. The summed E-state index contributed by atoms with van der Waals surface area (Å²) in [5, 5.41) is 31.1. The molecule has 1 aliphatic carbocycles. The van der Waals surface area contributed by atoms with Gasteiger partial charge in [-0.3, -0.25) is 9.59 Å². The molecule has 1 aromatic heterocycles. The Labute approximate surface area is 272 Å². The topological polar surface area (TPSA) is 168 Å². The van der Waals surface area contributed by atoms with Gasteiger partial charge in [-0.05, 0) is 83.6 Å². The quantitative estimate of drug-likeness (QED) is 0.274. The maximum atomic E-state index is 13.8. The molecule has 2 heterocycles. The number of aromatic nitrogens is 4. The fraction of sp³-hybridized carbons (Fsp3) is 0.387. The summed E-state index contributed by atoms with van der Waals surface area (Å²) in [5.41, 5.74) is 1.96. The van der Waals surface area contributed by atoms with Crippen molar-refractivity contribution in [1.82, 2.24) is 25.1 Å². The summed E-state index contributed by atoms with van der Waals surface area (Å²) >= 11 is 6.24. The van der Waals surface area contributed by atoms with Gasteiger partial charge in [0.15, 0.2) is 0 Å². The van der Waals surface area contributed by atoms with Crippen LogP contribution in [0.15, 0.2) is 54.9 Å². The lowest BCUT2D eigenvalue weighted by molar-refractivity contribution is -0.192. The van der Waals surface area contributed by atoms with Crippen molar-refractivity contribution in [2.75, 3.05) is 11.9 Å². The number of rotatable bonds is 7. The maximum absolute atomic E-state index is 13.8. The molecule has 5 rings (SSSR count). The molecule has 2 aliphatic rings. The van der Waals surface area contributed by atoms with Gasteiger partial charge in [0, 0.05) is 28.9 Å². The van der Waals surface area contributed by atoms with Crippen molar-refractivity contribution in [1.29, 1.82) is 0 Å². The third-order valence-corrected chi connectivity index (χ3v) is 8.35. The highest BCUT2D eigenvalue weighted by Crippen LogP contribution is 2.39. The number of carbonyl (C=O) groups excluding carboxylic acids is 2. The second-order valence-corrected chi connectivity index (χ2v) is 11.6. The lowest BCUT2D eigenvalue weighted by Crippen LogP contribution is -2.55. The van der Waals surface area contributed by atoms with Crippen molar-refractivity contribution in [3.63, 3.8) is 0 Å². The van der Waals surface area contributed by atoms with Gasteiger partial charge in [-0.15, -0.1) is 5.10 Å². The number of hydrogen-bond acceptors (Lipinski definition) is 7. The number of nitrogens with zero attached hydrogens (tertiary/aromatic N) is 5. The molecule has 1 saturated heterocycles. The van der Waals surface area contributed by atoms with E-state index in [1.54, 1.807) is 41.3 Å². The maximum Gasteiger partial charge on any atom is 0.490 e. The fourth-order valence-electron chi connectivity index (χ4n) is 5.97. The van der Waals surface area contributed by atoms with Crippen LogP contribution in [0.4, 0.5) is 18.9 Å². The first kappa shape index (κ1) is 35.1. The first-order valence-electron chi connectivity index (χ1n) is 14.8. The molecule has 1 aliphatic heterocycles. The smallest absolute Gasteiger partial charge is 0.478 e. The van der Waals surface area contributed by atoms with Crippen molar-refractivity contribution in [3.05, 3.63) is 71.0 Å². The number of benzene rings is 2. The van der Waals surface area contributed by atoms with Crippen LogP contribution in [0.1, 0.15) is 60.9 Å². The second-order valence-electron chi connectivity index (χ2n) is 11.1. The molecule has 16 heteroatoms. The SMILES string of the molecule is O=C(O)C(F)(F)F.O=C(O)c1ccc(NC(=O)C2C(C3CCCCC3)CCCN2C(=O)/C=C/c2cc(Cl)ccc2-n2cnnn2)cc1. The predicted molar refractivity (Wildman–Crippen MR) is 164 cm³/mol. The molecular weight excluding hydrogens is 645 g/mol. The molecule has 2 unspecified atom stereocenters. The largest absolute Gasteiger partial charge is 0.490 e. The number of halogens is 4. The van der Waals surface area contributed by atoms with Gasteiger partial charge in [-0.1, -0.05) is 43.7 Å². The van der Waals surface area contributed by atoms with E-state index < -0.39 is 24.2 Å². The molecule has 0 radical (unpaired) electrons. The summed E-state index contributed by atoms with van der Waals surface area (Å²) in [6.07, 6.45) is 6.81. The van der Waals surface area contributed by atoms with Gasteiger partial charge in [-0.2, -0.15) is 17.9 Å². The summed E-state index contributed by atoms with van der Waals surface area (Å²) in [5.74, 6) is -3.88. The third kappa shape index (κ3) is 9.37. The minimum absolute atomic E-state index is 0.0487. The lowest BCUT2D eigenvalue weighted by atomic mass is 9.72. The van der Waals surface area contributed by atoms with Crippen LogP contribution < -0.4 is 5.32 Å². The summed E-state index contributed by atoms with van der Waals surface area (Å²) in [6.45, 7) is 0.470. The molecule has 3 N–H and O–H groups in total. The summed E-state index contributed by atoms with van der Waals surface area (Å²) < 4.78 is 33.2. The number of carboxylic acid groups (broad SMARTS) is 2. The van der Waals surface area contributed by atoms with Gasteiger partial charge in [0.1, 0.15) is 12.4 Å². The Morgan fingerprint density at radius 2 is 1.64 bits per heavy atom. The van der Waals surface area contributed by atoms with Gasteiger partial charge < -0.3 is 20.4 Å². The van der Waals surface area contributed by atoms with Gasteiger partial charge in [0.05, 0.1) is 11.3 Å². The second kappa shape index (κ2) is 15.7. The summed E-state index contributed by atoms with van der Waals surface area (Å²) in [4.78, 5) is 49.3. The number of aromatic carboxylic acids is 1. The summed E-state index contributed by atoms with van der Waals surface area (Å²) in [7, 11) is 0. The van der Waals surface area contributed by atoms with Crippen molar-refractivity contribution in [3.8, 4) is 5.69 Å². The van der Waals surface area contributed by atoms with Gasteiger partial charge in [-0.25, -0.2) is 9.59 Å². The molecule has 3 aromatic rings. The van der Waals surface area contributed by atoms with E-state index in [1.807, 2.05) is 0 Å². The number of alkyl halides is 3. The van der Waals surface area contributed by atoms with E-state index in [4.69, 9.17) is 21.5 Å². The Morgan fingerprint density at radius 3 is 2.23 bits per heavy atom. The van der Waals surface area contributed by atoms with Gasteiger partial charge in [0.2, 0.25) is 11.8 Å². The van der Waals surface area contributed by atoms with E-state index in [9.17, 15) is 32.7 Å². The van der Waals surface area contributed by atoms with E-state index >= 15 is 0 Å². The van der Waals surface area contributed by atoms with E-state index in [-0.39, 0.29) is 23.3 Å². The Balaban J connectivity index is 0.000000644. The zero-order valence-electron chi connectivity index (χ0n) is 24.9. The number of tetrazole rings is 1.